The Hall–Kier alpha value is -1.30. The first-order valence-corrected chi connectivity index (χ1v) is 3.64. The third kappa shape index (κ3) is 1.00. The van der Waals surface area contributed by atoms with Crippen molar-refractivity contribution in [3.63, 3.8) is 0 Å². The summed E-state index contributed by atoms with van der Waals surface area (Å²) in [5.74, 6) is 0.343. The van der Waals surface area contributed by atoms with E-state index in [2.05, 4.69) is 15.1 Å². The maximum atomic E-state index is 12.2. The fraction of sp³-hybridized carbons (Fsp3) is 0.167. The molecule has 0 saturated heterocycles. The summed E-state index contributed by atoms with van der Waals surface area (Å²) < 4.78 is 13.6. The molecule has 0 fully saturated rings. The molecule has 2 rings (SSSR count). The third-order valence-corrected chi connectivity index (χ3v) is 1.70. The fourth-order valence-electron chi connectivity index (χ4n) is 0.900. The Morgan fingerprint density at radius 3 is 3.17 bits per heavy atom. The molecule has 2 aromatic rings. The number of nitrogens with zero attached hydrogens (tertiary/aromatic N) is 4. The Bertz CT molecular complexity index is 413. The summed E-state index contributed by atoms with van der Waals surface area (Å²) in [6.45, 7) is -0.632. The van der Waals surface area contributed by atoms with E-state index in [1.807, 2.05) is 0 Å². The molecule has 0 atom stereocenters. The van der Waals surface area contributed by atoms with Crippen LogP contribution in [0.1, 0.15) is 5.69 Å². The lowest BCUT2D eigenvalue weighted by molar-refractivity contribution is 0.474. The summed E-state index contributed by atoms with van der Waals surface area (Å²) in [6.07, 6.45) is 1.33. The minimum atomic E-state index is -0.632. The number of rotatable bonds is 1. The average molecular weight is 183 g/mol. The molecular formula is C6H4FN4S. The molecule has 0 aliphatic heterocycles. The quantitative estimate of drug-likeness (QED) is 0.623. The van der Waals surface area contributed by atoms with Crippen molar-refractivity contribution in [2.24, 2.45) is 0 Å². The zero-order valence-electron chi connectivity index (χ0n) is 5.94. The Balaban J connectivity index is 2.75. The van der Waals surface area contributed by atoms with Crippen LogP contribution in [0.3, 0.4) is 0 Å². The smallest absolute Gasteiger partial charge is 0.244 e. The van der Waals surface area contributed by atoms with Crippen LogP contribution in [0, 0.1) is 0 Å². The molecular weight excluding hydrogens is 179 g/mol. The first kappa shape index (κ1) is 7.35. The second kappa shape index (κ2) is 2.63. The molecule has 2 heterocycles. The van der Waals surface area contributed by atoms with Crippen LogP contribution in [0.2, 0.25) is 0 Å². The van der Waals surface area contributed by atoms with Gasteiger partial charge in [0.15, 0.2) is 0 Å². The van der Waals surface area contributed by atoms with Crippen molar-refractivity contribution in [3.8, 4) is 0 Å². The van der Waals surface area contributed by atoms with Crippen LogP contribution in [0.5, 0.6) is 0 Å². The van der Waals surface area contributed by atoms with Gasteiger partial charge in [-0.05, 0) is 6.07 Å². The normalized spacial score (nSPS) is 10.8. The maximum Gasteiger partial charge on any atom is 0.253 e. The molecule has 0 aromatic carbocycles. The van der Waals surface area contributed by atoms with Crippen molar-refractivity contribution < 1.29 is 4.39 Å². The van der Waals surface area contributed by atoms with Gasteiger partial charge in [0.1, 0.15) is 18.0 Å². The minimum absolute atomic E-state index is 0.292. The van der Waals surface area contributed by atoms with E-state index >= 15 is 0 Å². The second-order valence-electron chi connectivity index (χ2n) is 2.19. The lowest BCUT2D eigenvalue weighted by Crippen LogP contribution is -1.96. The van der Waals surface area contributed by atoms with Gasteiger partial charge in [-0.2, -0.15) is 14.6 Å². The van der Waals surface area contributed by atoms with Crippen LogP contribution in [0.25, 0.3) is 5.78 Å². The van der Waals surface area contributed by atoms with Crippen LogP contribution >= 0.6 is 12.6 Å². The van der Waals surface area contributed by atoms with Gasteiger partial charge in [0, 0.05) is 0 Å². The van der Waals surface area contributed by atoms with Crippen LogP contribution in [-0.2, 0) is 6.67 Å². The summed E-state index contributed by atoms with van der Waals surface area (Å²) >= 11 is 4.91. The van der Waals surface area contributed by atoms with Crippen LogP contribution in [0.4, 0.5) is 4.39 Å². The molecule has 0 unspecified atom stereocenters. The largest absolute Gasteiger partial charge is 0.253 e. The Labute approximate surface area is 72.9 Å². The molecule has 1 radical (unpaired) electrons. The molecule has 12 heavy (non-hydrogen) atoms. The van der Waals surface area contributed by atoms with Gasteiger partial charge >= 0.3 is 0 Å². The van der Waals surface area contributed by atoms with E-state index in [0.29, 0.717) is 16.5 Å². The highest BCUT2D eigenvalue weighted by Crippen LogP contribution is 2.09. The van der Waals surface area contributed by atoms with Gasteiger partial charge in [0.25, 0.3) is 5.78 Å². The Morgan fingerprint density at radius 1 is 1.58 bits per heavy atom. The topological polar surface area (TPSA) is 43.1 Å². The van der Waals surface area contributed by atoms with Gasteiger partial charge in [-0.1, -0.05) is 12.6 Å². The summed E-state index contributed by atoms with van der Waals surface area (Å²) in [6, 6.07) is 1.47. The summed E-state index contributed by atoms with van der Waals surface area (Å²) in [5.41, 5.74) is 0.292. The molecule has 61 valence electrons. The highest BCUT2D eigenvalue weighted by molar-refractivity contribution is 7.80. The third-order valence-electron chi connectivity index (χ3n) is 1.41. The molecule has 0 bridgehead atoms. The van der Waals surface area contributed by atoms with Gasteiger partial charge < -0.3 is 0 Å². The number of aromatic nitrogens is 4. The van der Waals surface area contributed by atoms with E-state index in [-0.39, 0.29) is 0 Å². The molecule has 2 aromatic heterocycles. The molecule has 6 heteroatoms. The van der Waals surface area contributed by atoms with Crippen molar-refractivity contribution in [3.05, 3.63) is 18.1 Å². The van der Waals surface area contributed by atoms with Crippen LogP contribution in [0.15, 0.2) is 17.4 Å². The van der Waals surface area contributed by atoms with Gasteiger partial charge in [0.05, 0.1) is 5.69 Å². The highest BCUT2D eigenvalue weighted by atomic mass is 32.1. The average Bonchev–Trinajstić information content (AvgIpc) is 2.52. The zero-order chi connectivity index (χ0) is 8.55. The van der Waals surface area contributed by atoms with Crippen LogP contribution in [-0.4, -0.2) is 19.6 Å². The van der Waals surface area contributed by atoms with Gasteiger partial charge in [-0.15, -0.1) is 0 Å². The minimum Gasteiger partial charge on any atom is -0.244 e. The number of fused-ring (bicyclic) bond motifs is 1. The lowest BCUT2D eigenvalue weighted by atomic mass is 10.4. The van der Waals surface area contributed by atoms with Gasteiger partial charge in [-0.3, -0.25) is 0 Å². The SMILES string of the molecule is FCc1cc([S])n2ncnc2n1. The Morgan fingerprint density at radius 2 is 2.42 bits per heavy atom. The van der Waals surface area contributed by atoms with E-state index < -0.39 is 6.67 Å². The van der Waals surface area contributed by atoms with E-state index in [1.165, 1.54) is 16.9 Å². The molecule has 0 amide bonds. The standard InChI is InChI=1S/C6H4FN4S/c7-2-4-1-5(12)11-6(10-4)8-3-9-11/h1,3H,2H2. The van der Waals surface area contributed by atoms with Crippen molar-refractivity contribution >= 4 is 18.4 Å². The molecule has 0 spiro atoms. The molecule has 4 nitrogen and oxygen atoms in total. The number of alkyl halides is 1. The predicted molar refractivity (Wildman–Crippen MR) is 41.5 cm³/mol. The van der Waals surface area contributed by atoms with E-state index in [4.69, 9.17) is 12.6 Å². The lowest BCUT2D eigenvalue weighted by Gasteiger charge is -1.96. The van der Waals surface area contributed by atoms with E-state index in [9.17, 15) is 4.39 Å². The van der Waals surface area contributed by atoms with Gasteiger partial charge in [-0.25, -0.2) is 9.37 Å². The molecule has 0 N–H and O–H groups in total. The second-order valence-corrected chi connectivity index (χ2v) is 2.61. The number of hydrogen-bond acceptors (Lipinski definition) is 3. The highest BCUT2D eigenvalue weighted by Gasteiger charge is 2.04. The summed E-state index contributed by atoms with van der Waals surface area (Å²) in [5, 5.41) is 4.23. The summed E-state index contributed by atoms with van der Waals surface area (Å²) in [4.78, 5) is 7.66. The zero-order valence-corrected chi connectivity index (χ0v) is 6.75. The van der Waals surface area contributed by atoms with Gasteiger partial charge in [0.2, 0.25) is 0 Å². The molecule has 0 aliphatic rings. The number of hydrogen-bond donors (Lipinski definition) is 0. The molecule has 0 aliphatic carbocycles. The van der Waals surface area contributed by atoms with E-state index in [1.54, 1.807) is 0 Å². The van der Waals surface area contributed by atoms with Crippen molar-refractivity contribution in [2.75, 3.05) is 0 Å². The number of halogens is 1. The maximum absolute atomic E-state index is 12.2. The monoisotopic (exact) mass is 183 g/mol. The fourth-order valence-corrected chi connectivity index (χ4v) is 1.16. The first-order chi connectivity index (χ1) is 5.81. The first-order valence-electron chi connectivity index (χ1n) is 3.24. The Kier molecular flexibility index (Phi) is 1.61. The van der Waals surface area contributed by atoms with E-state index in [0.717, 1.165) is 0 Å². The van der Waals surface area contributed by atoms with Crippen molar-refractivity contribution in [1.29, 1.82) is 0 Å². The van der Waals surface area contributed by atoms with Crippen molar-refractivity contribution in [1.82, 2.24) is 19.6 Å². The van der Waals surface area contributed by atoms with Crippen molar-refractivity contribution in [2.45, 2.75) is 11.7 Å². The summed E-state index contributed by atoms with van der Waals surface area (Å²) in [7, 11) is 0. The molecule has 0 saturated carbocycles. The predicted octanol–water partition coefficient (Wildman–Crippen LogP) is 1.15. The van der Waals surface area contributed by atoms with Crippen LogP contribution < -0.4 is 0 Å².